The molecule has 0 aliphatic heterocycles. The fourth-order valence-corrected chi connectivity index (χ4v) is 4.40. The van der Waals surface area contributed by atoms with Crippen molar-refractivity contribution in [1.82, 2.24) is 0 Å². The molecule has 152 valence electrons. The maximum absolute atomic E-state index is 2.39. The Morgan fingerprint density at radius 3 is 1.12 bits per heavy atom. The van der Waals surface area contributed by atoms with Crippen LogP contribution >= 0.6 is 0 Å². The Kier molecular flexibility index (Phi) is 20.3. The molecule has 0 aromatic heterocycles. The molecule has 0 amide bonds. The molecule has 0 aromatic rings. The lowest BCUT2D eigenvalue weighted by molar-refractivity contribution is 0.287. The lowest BCUT2D eigenvalue weighted by Crippen LogP contribution is -2.10. The summed E-state index contributed by atoms with van der Waals surface area (Å²) in [6.45, 7) is 9.37. The first-order valence-electron chi connectivity index (χ1n) is 12.3. The summed E-state index contributed by atoms with van der Waals surface area (Å²) in [5.74, 6) is 2.05. The normalized spacial score (nSPS) is 12.8. The Bertz CT molecular complexity index is 220. The average Bonchev–Trinajstić information content (AvgIpc) is 2.61. The van der Waals surface area contributed by atoms with Gasteiger partial charge < -0.3 is 0 Å². The van der Waals surface area contributed by atoms with Gasteiger partial charge in [0.1, 0.15) is 0 Å². The van der Waals surface area contributed by atoms with Crippen LogP contribution < -0.4 is 0 Å². The Hall–Kier alpha value is 0. The lowest BCUT2D eigenvalue weighted by Gasteiger charge is -2.24. The second kappa shape index (κ2) is 20.3. The molecular formula is C25H52. The predicted octanol–water partition coefficient (Wildman–Crippen LogP) is 9.71. The van der Waals surface area contributed by atoms with Crippen LogP contribution in [0, 0.1) is 11.8 Å². The van der Waals surface area contributed by atoms with E-state index in [2.05, 4.69) is 27.7 Å². The smallest absolute Gasteiger partial charge is 0.0412 e. The maximum Gasteiger partial charge on any atom is -0.0412 e. The van der Waals surface area contributed by atoms with Gasteiger partial charge in [0.15, 0.2) is 0 Å². The molecule has 25 heavy (non-hydrogen) atoms. The van der Waals surface area contributed by atoms with Crippen molar-refractivity contribution >= 4 is 0 Å². The Balaban J connectivity index is 4.22. The summed E-state index contributed by atoms with van der Waals surface area (Å²) in [6.07, 6.45) is 27.7. The highest BCUT2D eigenvalue weighted by atomic mass is 14.2. The van der Waals surface area contributed by atoms with Gasteiger partial charge >= 0.3 is 0 Å². The van der Waals surface area contributed by atoms with Crippen molar-refractivity contribution in [2.75, 3.05) is 0 Å². The van der Waals surface area contributed by atoms with Crippen LogP contribution in [0.3, 0.4) is 0 Å². The van der Waals surface area contributed by atoms with E-state index < -0.39 is 0 Å². The first-order valence-corrected chi connectivity index (χ1v) is 12.3. The first-order chi connectivity index (χ1) is 12.3. The van der Waals surface area contributed by atoms with Crippen molar-refractivity contribution in [1.29, 1.82) is 0 Å². The van der Waals surface area contributed by atoms with Crippen molar-refractivity contribution < 1.29 is 0 Å². The summed E-state index contributed by atoms with van der Waals surface area (Å²) >= 11 is 0. The quantitative estimate of drug-likeness (QED) is 0.191. The maximum atomic E-state index is 2.39. The molecule has 0 rings (SSSR count). The summed E-state index contributed by atoms with van der Waals surface area (Å²) in [7, 11) is 0. The van der Waals surface area contributed by atoms with Crippen LogP contribution in [-0.2, 0) is 0 Å². The van der Waals surface area contributed by atoms with Crippen LogP contribution in [0.2, 0.25) is 0 Å². The summed E-state index contributed by atoms with van der Waals surface area (Å²) in [6, 6.07) is 0. The zero-order chi connectivity index (χ0) is 18.6. The van der Waals surface area contributed by atoms with E-state index in [9.17, 15) is 0 Å². The highest BCUT2D eigenvalue weighted by Gasteiger charge is 2.16. The van der Waals surface area contributed by atoms with E-state index in [1.54, 1.807) is 6.42 Å². The first kappa shape index (κ1) is 25.0. The van der Waals surface area contributed by atoms with Crippen molar-refractivity contribution in [3.8, 4) is 0 Å². The molecule has 0 saturated carbocycles. The third-order valence-corrected chi connectivity index (χ3v) is 6.01. The van der Waals surface area contributed by atoms with Crippen LogP contribution in [0.15, 0.2) is 0 Å². The van der Waals surface area contributed by atoms with Crippen LogP contribution in [-0.4, -0.2) is 0 Å². The van der Waals surface area contributed by atoms with Gasteiger partial charge in [0.25, 0.3) is 0 Å². The molecule has 0 aliphatic carbocycles. The summed E-state index contributed by atoms with van der Waals surface area (Å²) in [4.78, 5) is 0. The molecule has 0 bridgehead atoms. The minimum absolute atomic E-state index is 1.02. The topological polar surface area (TPSA) is 0 Å². The van der Waals surface area contributed by atoms with E-state index >= 15 is 0 Å². The van der Waals surface area contributed by atoms with Gasteiger partial charge in [-0.25, -0.2) is 0 Å². The van der Waals surface area contributed by atoms with Crippen LogP contribution in [0.1, 0.15) is 150 Å². The highest BCUT2D eigenvalue weighted by Crippen LogP contribution is 2.30. The monoisotopic (exact) mass is 352 g/mol. The zero-order valence-electron chi connectivity index (χ0n) is 18.6. The molecule has 0 radical (unpaired) electrons. The third-order valence-electron chi connectivity index (χ3n) is 6.01. The second-order valence-electron chi connectivity index (χ2n) is 8.66. The second-order valence-corrected chi connectivity index (χ2v) is 8.66. The van der Waals surface area contributed by atoms with Crippen LogP contribution in [0.4, 0.5) is 0 Å². The highest BCUT2D eigenvalue weighted by molar-refractivity contribution is 4.68. The third kappa shape index (κ3) is 17.2. The molecule has 0 saturated heterocycles. The van der Waals surface area contributed by atoms with Crippen LogP contribution in [0.5, 0.6) is 0 Å². The van der Waals surface area contributed by atoms with Gasteiger partial charge in [-0.05, 0) is 18.3 Å². The van der Waals surface area contributed by atoms with E-state index in [1.807, 2.05) is 0 Å². The molecule has 0 fully saturated rings. The number of hydrogen-bond acceptors (Lipinski definition) is 0. The molecule has 0 nitrogen and oxygen atoms in total. The Labute approximate surface area is 161 Å². The number of rotatable bonds is 20. The van der Waals surface area contributed by atoms with E-state index in [4.69, 9.17) is 0 Å². The van der Waals surface area contributed by atoms with E-state index in [1.165, 1.54) is 116 Å². The van der Waals surface area contributed by atoms with Gasteiger partial charge in [-0.3, -0.25) is 0 Å². The Morgan fingerprint density at radius 1 is 0.360 bits per heavy atom. The molecule has 0 N–H and O–H groups in total. The van der Waals surface area contributed by atoms with Gasteiger partial charge in [-0.15, -0.1) is 0 Å². The standard InChI is InChI=1S/C25H52/c1-5-9-12-15-18-20-24(19-8-4)23-25(21-16-13-10-6-2)22-17-14-11-7-3/h24-25H,5-23H2,1-4H3. The van der Waals surface area contributed by atoms with Crippen molar-refractivity contribution in [2.45, 2.75) is 150 Å². The molecule has 0 aromatic carbocycles. The molecule has 0 spiro atoms. The van der Waals surface area contributed by atoms with Crippen molar-refractivity contribution in [3.05, 3.63) is 0 Å². The van der Waals surface area contributed by atoms with Crippen LogP contribution in [0.25, 0.3) is 0 Å². The molecule has 0 heteroatoms. The van der Waals surface area contributed by atoms with Gasteiger partial charge in [0, 0.05) is 0 Å². The van der Waals surface area contributed by atoms with Gasteiger partial charge in [0.2, 0.25) is 0 Å². The number of hydrogen-bond donors (Lipinski definition) is 0. The molecule has 1 unspecified atom stereocenters. The average molecular weight is 353 g/mol. The van der Waals surface area contributed by atoms with Gasteiger partial charge in [-0.2, -0.15) is 0 Å². The predicted molar refractivity (Wildman–Crippen MR) is 117 cm³/mol. The minimum atomic E-state index is 1.02. The summed E-state index contributed by atoms with van der Waals surface area (Å²) in [5, 5.41) is 0. The molecule has 0 heterocycles. The molecule has 0 aliphatic rings. The van der Waals surface area contributed by atoms with Crippen molar-refractivity contribution in [3.63, 3.8) is 0 Å². The van der Waals surface area contributed by atoms with Gasteiger partial charge in [-0.1, -0.05) is 143 Å². The number of unbranched alkanes of at least 4 members (excludes halogenated alkanes) is 10. The SMILES string of the molecule is CCCCCCCC(CCC)CC(CCCCCC)CCCCCC. The van der Waals surface area contributed by atoms with Gasteiger partial charge in [0.05, 0.1) is 0 Å². The van der Waals surface area contributed by atoms with E-state index in [0.29, 0.717) is 0 Å². The molecular weight excluding hydrogens is 300 g/mol. The van der Waals surface area contributed by atoms with E-state index in [0.717, 1.165) is 11.8 Å². The van der Waals surface area contributed by atoms with Crippen molar-refractivity contribution in [2.24, 2.45) is 11.8 Å². The van der Waals surface area contributed by atoms with E-state index in [-0.39, 0.29) is 0 Å². The summed E-state index contributed by atoms with van der Waals surface area (Å²) in [5.41, 5.74) is 0. The Morgan fingerprint density at radius 2 is 0.720 bits per heavy atom. The largest absolute Gasteiger partial charge is 0.0654 e. The lowest BCUT2D eigenvalue weighted by atomic mass is 9.82. The minimum Gasteiger partial charge on any atom is -0.0654 e. The molecule has 1 atom stereocenters. The fraction of sp³-hybridized carbons (Fsp3) is 1.00. The zero-order valence-corrected chi connectivity index (χ0v) is 18.6. The summed E-state index contributed by atoms with van der Waals surface area (Å²) < 4.78 is 0. The fourth-order valence-electron chi connectivity index (χ4n) is 4.40.